The van der Waals surface area contributed by atoms with Gasteiger partial charge in [0, 0.05) is 19.6 Å². The van der Waals surface area contributed by atoms with E-state index in [1.165, 1.54) is 0 Å². The molecule has 1 aromatic rings. The van der Waals surface area contributed by atoms with E-state index in [-0.39, 0.29) is 5.41 Å². The second kappa shape index (κ2) is 6.07. The van der Waals surface area contributed by atoms with Gasteiger partial charge in [0.05, 0.1) is 4.90 Å². The first-order valence-corrected chi connectivity index (χ1v) is 8.95. The lowest BCUT2D eigenvalue weighted by molar-refractivity contribution is 0.187. The van der Waals surface area contributed by atoms with Gasteiger partial charge >= 0.3 is 0 Å². The van der Waals surface area contributed by atoms with E-state index in [1.54, 1.807) is 10.4 Å². The molecule has 5 heteroatoms. The molecule has 0 bridgehead atoms. The average Bonchev–Trinajstić information content (AvgIpc) is 2.40. The number of rotatable bonds is 4. The third-order valence-electron chi connectivity index (χ3n) is 4.25. The molecule has 2 rings (SSSR count). The van der Waals surface area contributed by atoms with Crippen LogP contribution >= 0.6 is 0 Å². The van der Waals surface area contributed by atoms with Crippen LogP contribution in [0.15, 0.2) is 23.1 Å². The van der Waals surface area contributed by atoms with Crippen LogP contribution in [0.5, 0.6) is 0 Å². The Kier molecular flexibility index (Phi) is 4.76. The smallest absolute Gasteiger partial charge is 0.243 e. The first kappa shape index (κ1) is 16.5. The summed E-state index contributed by atoms with van der Waals surface area (Å²) < 4.78 is 27.6. The van der Waals surface area contributed by atoms with Gasteiger partial charge in [-0.2, -0.15) is 4.31 Å². The molecule has 0 unspecified atom stereocenters. The Morgan fingerprint density at radius 3 is 2.67 bits per heavy atom. The van der Waals surface area contributed by atoms with Gasteiger partial charge in [-0.15, -0.1) is 0 Å². The van der Waals surface area contributed by atoms with Gasteiger partial charge in [0.25, 0.3) is 0 Å². The number of hydrogen-bond donors (Lipinski definition) is 1. The van der Waals surface area contributed by atoms with Gasteiger partial charge in [0.1, 0.15) is 0 Å². The molecule has 0 spiro atoms. The highest BCUT2D eigenvalue weighted by atomic mass is 32.2. The molecule has 0 saturated carbocycles. The van der Waals surface area contributed by atoms with Crippen molar-refractivity contribution in [3.8, 4) is 0 Å². The molecular weight excluding hydrogens is 284 g/mol. The molecule has 0 aromatic heterocycles. The Morgan fingerprint density at radius 1 is 1.33 bits per heavy atom. The Bertz CT molecular complexity index is 609. The van der Waals surface area contributed by atoms with Gasteiger partial charge in [-0.3, -0.25) is 0 Å². The van der Waals surface area contributed by atoms with Crippen molar-refractivity contribution in [1.29, 1.82) is 0 Å². The number of benzene rings is 1. The van der Waals surface area contributed by atoms with Crippen LogP contribution in [0.3, 0.4) is 0 Å². The van der Waals surface area contributed by atoms with E-state index >= 15 is 0 Å². The number of sulfonamides is 1. The molecule has 1 aromatic carbocycles. The minimum absolute atomic E-state index is 0.0574. The second-order valence-electron chi connectivity index (χ2n) is 6.68. The van der Waals surface area contributed by atoms with Crippen LogP contribution in [0.4, 0.5) is 0 Å². The molecule has 0 atom stereocenters. The largest absolute Gasteiger partial charge is 0.316 e. The van der Waals surface area contributed by atoms with Crippen molar-refractivity contribution in [3.63, 3.8) is 0 Å². The average molecular weight is 310 g/mol. The topological polar surface area (TPSA) is 49.4 Å². The Hall–Kier alpha value is -0.910. The lowest BCUT2D eigenvalue weighted by Gasteiger charge is -2.37. The summed E-state index contributed by atoms with van der Waals surface area (Å²) >= 11 is 0. The van der Waals surface area contributed by atoms with Gasteiger partial charge in [-0.25, -0.2) is 8.42 Å². The molecule has 4 nitrogen and oxygen atoms in total. The molecule has 0 aliphatic carbocycles. The normalized spacial score (nSPS) is 19.6. The van der Waals surface area contributed by atoms with Gasteiger partial charge < -0.3 is 5.32 Å². The van der Waals surface area contributed by atoms with Crippen molar-refractivity contribution in [3.05, 3.63) is 29.3 Å². The zero-order valence-corrected chi connectivity index (χ0v) is 14.3. The van der Waals surface area contributed by atoms with Gasteiger partial charge in [0.15, 0.2) is 0 Å². The highest BCUT2D eigenvalue weighted by Crippen LogP contribution is 2.32. The van der Waals surface area contributed by atoms with E-state index in [1.807, 2.05) is 26.1 Å². The molecule has 1 heterocycles. The Balaban J connectivity index is 2.38. The van der Waals surface area contributed by atoms with Crippen LogP contribution in [0.25, 0.3) is 0 Å². The van der Waals surface area contributed by atoms with Crippen LogP contribution in [-0.4, -0.2) is 32.9 Å². The summed E-state index contributed by atoms with van der Waals surface area (Å²) in [6, 6.07) is 5.54. The SMILES string of the molecule is CNCc1cccc(S(=O)(=O)N2CCCC(C)(C)C2)c1C. The molecule has 21 heavy (non-hydrogen) atoms. The lowest BCUT2D eigenvalue weighted by atomic mass is 9.85. The van der Waals surface area contributed by atoms with Crippen LogP contribution in [0.1, 0.15) is 37.8 Å². The fourth-order valence-electron chi connectivity index (χ4n) is 3.04. The van der Waals surface area contributed by atoms with Crippen LogP contribution in [0, 0.1) is 12.3 Å². The summed E-state index contributed by atoms with van der Waals surface area (Å²) in [5.41, 5.74) is 1.95. The summed E-state index contributed by atoms with van der Waals surface area (Å²) in [6.45, 7) is 8.08. The monoisotopic (exact) mass is 310 g/mol. The minimum Gasteiger partial charge on any atom is -0.316 e. The third-order valence-corrected chi connectivity index (χ3v) is 6.24. The van der Waals surface area contributed by atoms with Crippen molar-refractivity contribution in [2.45, 2.75) is 45.1 Å². The molecule has 0 radical (unpaired) electrons. The van der Waals surface area contributed by atoms with E-state index in [9.17, 15) is 8.42 Å². The molecule has 1 aliphatic rings. The van der Waals surface area contributed by atoms with Crippen molar-refractivity contribution in [2.75, 3.05) is 20.1 Å². The second-order valence-corrected chi connectivity index (χ2v) is 8.58. The maximum atomic E-state index is 13.0. The molecule has 118 valence electrons. The Labute approximate surface area is 128 Å². The number of nitrogens with zero attached hydrogens (tertiary/aromatic N) is 1. The standard InChI is InChI=1S/C16H26N2O2S/c1-13-14(11-17-4)7-5-8-15(13)21(19,20)18-10-6-9-16(2,3)12-18/h5,7-8,17H,6,9-12H2,1-4H3. The van der Waals surface area contributed by atoms with E-state index in [4.69, 9.17) is 0 Å². The summed E-state index contributed by atoms with van der Waals surface area (Å²) in [7, 11) is -1.53. The fraction of sp³-hybridized carbons (Fsp3) is 0.625. The van der Waals surface area contributed by atoms with Gasteiger partial charge in [-0.1, -0.05) is 26.0 Å². The van der Waals surface area contributed by atoms with Crippen molar-refractivity contribution >= 4 is 10.0 Å². The fourth-order valence-corrected chi connectivity index (χ4v) is 4.97. The third kappa shape index (κ3) is 3.47. The van der Waals surface area contributed by atoms with Gasteiger partial charge in [-0.05, 0) is 49.4 Å². The maximum absolute atomic E-state index is 13.0. The maximum Gasteiger partial charge on any atom is 0.243 e. The van der Waals surface area contributed by atoms with Crippen molar-refractivity contribution in [1.82, 2.24) is 9.62 Å². The molecule has 1 fully saturated rings. The van der Waals surface area contributed by atoms with E-state index in [0.29, 0.717) is 24.5 Å². The number of nitrogens with one attached hydrogen (secondary N) is 1. The minimum atomic E-state index is -3.40. The van der Waals surface area contributed by atoms with Crippen LogP contribution in [-0.2, 0) is 16.6 Å². The highest BCUT2D eigenvalue weighted by Gasteiger charge is 2.34. The predicted molar refractivity (Wildman–Crippen MR) is 85.7 cm³/mol. The summed E-state index contributed by atoms with van der Waals surface area (Å²) in [4.78, 5) is 0.452. The summed E-state index contributed by atoms with van der Waals surface area (Å²) in [5.74, 6) is 0. The quantitative estimate of drug-likeness (QED) is 0.929. The van der Waals surface area contributed by atoms with Gasteiger partial charge in [0.2, 0.25) is 10.0 Å². The lowest BCUT2D eigenvalue weighted by Crippen LogP contribution is -2.43. The highest BCUT2D eigenvalue weighted by molar-refractivity contribution is 7.89. The zero-order valence-electron chi connectivity index (χ0n) is 13.4. The molecule has 1 N–H and O–H groups in total. The van der Waals surface area contributed by atoms with Crippen molar-refractivity contribution < 1.29 is 8.42 Å². The van der Waals surface area contributed by atoms with Crippen LogP contribution < -0.4 is 5.32 Å². The molecule has 1 saturated heterocycles. The molecule has 1 aliphatic heterocycles. The zero-order chi connectivity index (χ0) is 15.7. The van der Waals surface area contributed by atoms with E-state index in [0.717, 1.165) is 24.0 Å². The Morgan fingerprint density at radius 2 is 2.05 bits per heavy atom. The molecular formula is C16H26N2O2S. The van der Waals surface area contributed by atoms with Crippen molar-refractivity contribution in [2.24, 2.45) is 5.41 Å². The first-order chi connectivity index (χ1) is 9.78. The van der Waals surface area contributed by atoms with Crippen LogP contribution in [0.2, 0.25) is 0 Å². The first-order valence-electron chi connectivity index (χ1n) is 7.51. The predicted octanol–water partition coefficient (Wildman–Crippen LogP) is 2.53. The molecule has 0 amide bonds. The number of hydrogen-bond acceptors (Lipinski definition) is 3. The van der Waals surface area contributed by atoms with E-state index < -0.39 is 10.0 Å². The number of piperidine rings is 1. The summed E-state index contributed by atoms with van der Waals surface area (Å²) in [5, 5.41) is 3.09. The summed E-state index contributed by atoms with van der Waals surface area (Å²) in [6.07, 6.45) is 2.01. The van der Waals surface area contributed by atoms with E-state index in [2.05, 4.69) is 19.2 Å².